The van der Waals surface area contributed by atoms with Crippen molar-refractivity contribution in [3.8, 4) is 0 Å². The van der Waals surface area contributed by atoms with E-state index in [0.717, 1.165) is 5.56 Å². The fourth-order valence-corrected chi connectivity index (χ4v) is 5.15. The number of carbonyl (C=O) groups is 1. The van der Waals surface area contributed by atoms with Gasteiger partial charge < -0.3 is 5.11 Å². The molecule has 1 saturated heterocycles. The average Bonchev–Trinajstić information content (AvgIpc) is 2.82. The van der Waals surface area contributed by atoms with E-state index in [-0.39, 0.29) is 4.90 Å². The van der Waals surface area contributed by atoms with Crippen molar-refractivity contribution in [2.24, 2.45) is 11.8 Å². The van der Waals surface area contributed by atoms with Crippen molar-refractivity contribution in [2.45, 2.75) is 31.8 Å². The molecule has 0 radical (unpaired) electrons. The number of carboxylic acid groups (broad SMARTS) is 1. The van der Waals surface area contributed by atoms with E-state index in [4.69, 9.17) is 5.11 Å². The Morgan fingerprint density at radius 1 is 1.17 bits per heavy atom. The fourth-order valence-electron chi connectivity index (χ4n) is 3.25. The molecule has 0 amide bonds. The van der Waals surface area contributed by atoms with Gasteiger partial charge in [0.1, 0.15) is 0 Å². The minimum Gasteiger partial charge on any atom is -0.481 e. The second kappa shape index (κ2) is 6.03. The second-order valence-corrected chi connectivity index (χ2v) is 8.02. The fraction of sp³-hybridized carbons (Fsp3) is 0.533. The highest BCUT2D eigenvalue weighted by molar-refractivity contribution is 7.89. The highest BCUT2D eigenvalue weighted by Gasteiger charge is 2.55. The number of sulfonamides is 1. The van der Waals surface area contributed by atoms with Crippen LogP contribution in [0.15, 0.2) is 17.0 Å². The maximum Gasteiger partial charge on any atom is 0.393 e. The summed E-state index contributed by atoms with van der Waals surface area (Å²) in [5, 5.41) is 9.03. The van der Waals surface area contributed by atoms with Crippen LogP contribution in [0, 0.1) is 32.6 Å². The summed E-state index contributed by atoms with van der Waals surface area (Å²) in [4.78, 5) is 11.1. The van der Waals surface area contributed by atoms with Gasteiger partial charge in [0.15, 0.2) is 0 Å². The van der Waals surface area contributed by atoms with Gasteiger partial charge in [-0.25, -0.2) is 8.42 Å². The molecule has 1 aliphatic rings. The summed E-state index contributed by atoms with van der Waals surface area (Å²) < 4.78 is 65.4. The zero-order chi connectivity index (χ0) is 18.4. The first-order valence-electron chi connectivity index (χ1n) is 7.23. The van der Waals surface area contributed by atoms with E-state index in [1.54, 1.807) is 32.9 Å². The molecule has 2 rings (SSSR count). The minimum absolute atomic E-state index is 0.0555. The maximum absolute atomic E-state index is 13.1. The lowest BCUT2D eigenvalue weighted by atomic mass is 9.96. The molecule has 2 atom stereocenters. The van der Waals surface area contributed by atoms with Gasteiger partial charge in [-0.2, -0.15) is 17.5 Å². The summed E-state index contributed by atoms with van der Waals surface area (Å²) in [5.41, 5.74) is 1.69. The molecule has 0 unspecified atom stereocenters. The summed E-state index contributed by atoms with van der Waals surface area (Å²) in [6.45, 7) is 3.36. The molecule has 0 saturated carbocycles. The number of halogens is 3. The van der Waals surface area contributed by atoms with Crippen LogP contribution < -0.4 is 0 Å². The van der Waals surface area contributed by atoms with Crippen molar-refractivity contribution >= 4 is 16.0 Å². The van der Waals surface area contributed by atoms with Crippen LogP contribution in [0.5, 0.6) is 0 Å². The Hall–Kier alpha value is -1.61. The van der Waals surface area contributed by atoms with Crippen molar-refractivity contribution in [3.63, 3.8) is 0 Å². The number of alkyl halides is 3. The Kier molecular flexibility index (Phi) is 4.71. The number of rotatable bonds is 3. The van der Waals surface area contributed by atoms with Gasteiger partial charge in [-0.1, -0.05) is 17.7 Å². The summed E-state index contributed by atoms with van der Waals surface area (Å²) in [7, 11) is -4.21. The zero-order valence-electron chi connectivity index (χ0n) is 13.4. The van der Waals surface area contributed by atoms with Crippen LogP contribution >= 0.6 is 0 Å². The van der Waals surface area contributed by atoms with Crippen molar-refractivity contribution in [1.29, 1.82) is 0 Å². The number of hydrogen-bond donors (Lipinski definition) is 1. The van der Waals surface area contributed by atoms with Crippen LogP contribution in [0.3, 0.4) is 0 Å². The van der Waals surface area contributed by atoms with Crippen LogP contribution in [0.1, 0.15) is 16.7 Å². The lowest BCUT2D eigenvalue weighted by Gasteiger charge is -2.20. The Labute approximate surface area is 138 Å². The summed E-state index contributed by atoms with van der Waals surface area (Å²) >= 11 is 0. The van der Waals surface area contributed by atoms with E-state index in [1.165, 1.54) is 0 Å². The van der Waals surface area contributed by atoms with Gasteiger partial charge in [0.05, 0.1) is 16.7 Å². The van der Waals surface area contributed by atoms with Crippen molar-refractivity contribution in [3.05, 3.63) is 28.8 Å². The van der Waals surface area contributed by atoms with Crippen LogP contribution in [0.4, 0.5) is 13.2 Å². The number of benzene rings is 1. The first kappa shape index (κ1) is 18.7. The lowest BCUT2D eigenvalue weighted by Crippen LogP contribution is -2.34. The zero-order valence-corrected chi connectivity index (χ0v) is 14.2. The first-order chi connectivity index (χ1) is 10.9. The highest BCUT2D eigenvalue weighted by atomic mass is 32.2. The van der Waals surface area contributed by atoms with Crippen molar-refractivity contribution in [1.82, 2.24) is 4.31 Å². The molecular weight excluding hydrogens is 347 g/mol. The quantitative estimate of drug-likeness (QED) is 0.893. The maximum atomic E-state index is 13.1. The van der Waals surface area contributed by atoms with Gasteiger partial charge in [-0.3, -0.25) is 4.79 Å². The summed E-state index contributed by atoms with van der Waals surface area (Å²) in [5.74, 6) is -5.66. The standard InChI is InChI=1S/C15H18F3NO4S/c1-8-4-9(2)13(10(3)5-8)24(22,23)19-6-11(14(20)21)12(7-19)15(16,17)18/h4-5,11-12H,6-7H2,1-3H3,(H,20,21)/t11-,12-/m1/s1. The number of aliphatic carboxylic acids is 1. The molecule has 0 aromatic heterocycles. The predicted molar refractivity (Wildman–Crippen MR) is 80.1 cm³/mol. The first-order valence-corrected chi connectivity index (χ1v) is 8.67. The van der Waals surface area contributed by atoms with Crippen LogP contribution in [-0.2, 0) is 14.8 Å². The minimum atomic E-state index is -4.77. The monoisotopic (exact) mass is 365 g/mol. The van der Waals surface area contributed by atoms with Gasteiger partial charge in [-0.15, -0.1) is 0 Å². The Morgan fingerprint density at radius 3 is 2.04 bits per heavy atom. The van der Waals surface area contributed by atoms with Crippen LogP contribution in [0.25, 0.3) is 0 Å². The number of carboxylic acids is 1. The second-order valence-electron chi connectivity index (χ2n) is 6.14. The predicted octanol–water partition coefficient (Wildman–Crippen LogP) is 2.50. The molecule has 1 aliphatic heterocycles. The topological polar surface area (TPSA) is 74.7 Å². The molecule has 5 nitrogen and oxygen atoms in total. The van der Waals surface area contributed by atoms with Crippen molar-refractivity contribution < 1.29 is 31.5 Å². The molecule has 0 spiro atoms. The van der Waals surface area contributed by atoms with E-state index in [9.17, 15) is 26.4 Å². The molecule has 1 heterocycles. The van der Waals surface area contributed by atoms with E-state index < -0.39 is 47.1 Å². The lowest BCUT2D eigenvalue weighted by molar-refractivity contribution is -0.187. The Morgan fingerprint density at radius 2 is 1.67 bits per heavy atom. The number of aryl methyl sites for hydroxylation is 3. The normalized spacial score (nSPS) is 22.8. The Balaban J connectivity index is 2.47. The summed E-state index contributed by atoms with van der Waals surface area (Å²) in [6.07, 6.45) is -4.77. The van der Waals surface area contributed by atoms with Gasteiger partial charge in [0.25, 0.3) is 0 Å². The van der Waals surface area contributed by atoms with Gasteiger partial charge in [0, 0.05) is 13.1 Å². The van der Waals surface area contributed by atoms with E-state index >= 15 is 0 Å². The van der Waals surface area contributed by atoms with E-state index in [1.807, 2.05) is 0 Å². The van der Waals surface area contributed by atoms with Crippen LogP contribution in [0.2, 0.25) is 0 Å². The molecule has 1 aromatic rings. The highest BCUT2D eigenvalue weighted by Crippen LogP contribution is 2.40. The molecule has 1 aromatic carbocycles. The molecule has 0 bridgehead atoms. The third-order valence-electron chi connectivity index (χ3n) is 4.23. The molecule has 134 valence electrons. The smallest absolute Gasteiger partial charge is 0.393 e. The molecule has 1 fully saturated rings. The molecule has 24 heavy (non-hydrogen) atoms. The number of nitrogens with zero attached hydrogens (tertiary/aromatic N) is 1. The van der Waals surface area contributed by atoms with Crippen molar-refractivity contribution in [2.75, 3.05) is 13.1 Å². The average molecular weight is 365 g/mol. The van der Waals surface area contributed by atoms with E-state index in [2.05, 4.69) is 0 Å². The SMILES string of the molecule is Cc1cc(C)c(S(=O)(=O)N2C[C@@H](C(F)(F)F)[C@H](C(=O)O)C2)c(C)c1. The third-order valence-corrected chi connectivity index (χ3v) is 6.36. The van der Waals surface area contributed by atoms with Crippen LogP contribution in [-0.4, -0.2) is 43.1 Å². The van der Waals surface area contributed by atoms with Gasteiger partial charge >= 0.3 is 12.1 Å². The van der Waals surface area contributed by atoms with E-state index in [0.29, 0.717) is 15.4 Å². The molecule has 9 heteroatoms. The Bertz CT molecular complexity index is 750. The molecular formula is C15H18F3NO4S. The molecule has 1 N–H and O–H groups in total. The molecule has 0 aliphatic carbocycles. The van der Waals surface area contributed by atoms with Gasteiger partial charge in [0.2, 0.25) is 10.0 Å². The third kappa shape index (κ3) is 3.27. The largest absolute Gasteiger partial charge is 0.481 e. The summed E-state index contributed by atoms with van der Waals surface area (Å²) in [6, 6.07) is 3.26. The number of hydrogen-bond acceptors (Lipinski definition) is 3. The van der Waals surface area contributed by atoms with Gasteiger partial charge in [-0.05, 0) is 31.9 Å².